The van der Waals surface area contributed by atoms with E-state index in [0.717, 1.165) is 22.0 Å². The number of rotatable bonds is 4. The second-order valence-electron chi connectivity index (χ2n) is 4.65. The number of hydrogen-bond acceptors (Lipinski definition) is 2. The van der Waals surface area contributed by atoms with Gasteiger partial charge in [-0.25, -0.2) is 8.42 Å². The molecule has 0 bridgehead atoms. The Morgan fingerprint density at radius 1 is 1.10 bits per heavy atom. The molecule has 112 valence electrons. The Kier molecular flexibility index (Phi) is 5.11. The highest BCUT2D eigenvalue weighted by atomic mass is 79.9. The summed E-state index contributed by atoms with van der Waals surface area (Å²) in [6.45, 7) is 3.90. The molecule has 0 saturated carbocycles. The van der Waals surface area contributed by atoms with Crippen molar-refractivity contribution in [2.75, 3.05) is 4.72 Å². The zero-order valence-corrected chi connectivity index (χ0v) is 15.6. The highest BCUT2D eigenvalue weighted by Crippen LogP contribution is 2.30. The highest BCUT2D eigenvalue weighted by Gasteiger charge is 2.20. The van der Waals surface area contributed by atoms with Gasteiger partial charge in [0.05, 0.1) is 5.69 Å². The minimum Gasteiger partial charge on any atom is -0.279 e. The van der Waals surface area contributed by atoms with E-state index in [9.17, 15) is 8.42 Å². The average Bonchev–Trinajstić information content (AvgIpc) is 2.43. The maximum atomic E-state index is 12.6. The number of halogens is 2. The normalized spacial score (nSPS) is 11.4. The Hall–Kier alpha value is -0.850. The number of sulfonamides is 1. The van der Waals surface area contributed by atoms with Gasteiger partial charge in [0, 0.05) is 8.95 Å². The van der Waals surface area contributed by atoms with Gasteiger partial charge in [0.2, 0.25) is 0 Å². The van der Waals surface area contributed by atoms with E-state index in [2.05, 4.69) is 36.6 Å². The van der Waals surface area contributed by atoms with Gasteiger partial charge in [-0.1, -0.05) is 41.1 Å². The van der Waals surface area contributed by atoms with E-state index in [-0.39, 0.29) is 4.90 Å². The molecule has 0 heterocycles. The lowest BCUT2D eigenvalue weighted by atomic mass is 10.1. The van der Waals surface area contributed by atoms with Gasteiger partial charge in [0.25, 0.3) is 10.0 Å². The summed E-state index contributed by atoms with van der Waals surface area (Å²) >= 11 is 6.70. The van der Waals surface area contributed by atoms with E-state index in [1.54, 1.807) is 18.2 Å². The van der Waals surface area contributed by atoms with Gasteiger partial charge in [-0.15, -0.1) is 0 Å². The molecule has 21 heavy (non-hydrogen) atoms. The maximum Gasteiger partial charge on any atom is 0.263 e. The molecule has 0 aliphatic carbocycles. The lowest BCUT2D eigenvalue weighted by molar-refractivity contribution is 0.600. The van der Waals surface area contributed by atoms with Crippen molar-refractivity contribution in [1.29, 1.82) is 0 Å². The van der Waals surface area contributed by atoms with Crippen LogP contribution in [0.1, 0.15) is 18.1 Å². The quantitative estimate of drug-likeness (QED) is 0.747. The zero-order valence-electron chi connectivity index (χ0n) is 11.7. The van der Waals surface area contributed by atoms with Crippen molar-refractivity contribution < 1.29 is 8.42 Å². The summed E-state index contributed by atoms with van der Waals surface area (Å²) in [5, 5.41) is 0. The number of para-hydroxylation sites is 1. The molecule has 0 spiro atoms. The number of nitrogens with one attached hydrogen (secondary N) is 1. The van der Waals surface area contributed by atoms with Gasteiger partial charge in [0.1, 0.15) is 4.90 Å². The van der Waals surface area contributed by atoms with Gasteiger partial charge in [-0.2, -0.15) is 0 Å². The third-order valence-electron chi connectivity index (χ3n) is 3.15. The molecule has 6 heteroatoms. The minimum atomic E-state index is -3.64. The Labute approximate surface area is 142 Å². The second kappa shape index (κ2) is 6.50. The van der Waals surface area contributed by atoms with Crippen molar-refractivity contribution in [2.24, 2.45) is 0 Å². The zero-order chi connectivity index (χ0) is 15.6. The van der Waals surface area contributed by atoms with E-state index < -0.39 is 10.0 Å². The molecule has 3 nitrogen and oxygen atoms in total. The van der Waals surface area contributed by atoms with Crippen LogP contribution in [-0.2, 0) is 16.4 Å². The molecule has 2 aromatic rings. The van der Waals surface area contributed by atoms with Gasteiger partial charge in [-0.3, -0.25) is 4.72 Å². The predicted molar refractivity (Wildman–Crippen MR) is 93.2 cm³/mol. The summed E-state index contributed by atoms with van der Waals surface area (Å²) in [4.78, 5) is 0.214. The molecular weight excluding hydrogens is 418 g/mol. The van der Waals surface area contributed by atoms with Crippen LogP contribution in [-0.4, -0.2) is 8.42 Å². The summed E-state index contributed by atoms with van der Waals surface area (Å²) < 4.78 is 29.2. The summed E-state index contributed by atoms with van der Waals surface area (Å²) in [5.74, 6) is 0. The largest absolute Gasteiger partial charge is 0.279 e. The SMILES string of the molecule is CCc1ccccc1NS(=O)(=O)c1cc(Br)c(C)cc1Br. The topological polar surface area (TPSA) is 46.2 Å². The third-order valence-corrected chi connectivity index (χ3v) is 6.32. The van der Waals surface area contributed by atoms with Gasteiger partial charge >= 0.3 is 0 Å². The van der Waals surface area contributed by atoms with Crippen LogP contribution >= 0.6 is 31.9 Å². The number of aryl methyl sites for hydroxylation is 2. The summed E-state index contributed by atoms with van der Waals surface area (Å²) in [6, 6.07) is 10.8. The van der Waals surface area contributed by atoms with E-state index >= 15 is 0 Å². The number of anilines is 1. The van der Waals surface area contributed by atoms with Crippen LogP contribution in [0.4, 0.5) is 5.69 Å². The molecule has 2 aromatic carbocycles. The predicted octanol–water partition coefficient (Wildman–Crippen LogP) is 4.88. The molecule has 0 unspecified atom stereocenters. The minimum absolute atomic E-state index is 0.214. The lowest BCUT2D eigenvalue weighted by Gasteiger charge is -2.13. The van der Waals surface area contributed by atoms with Crippen molar-refractivity contribution in [3.63, 3.8) is 0 Å². The van der Waals surface area contributed by atoms with E-state index in [0.29, 0.717) is 10.2 Å². The summed E-state index contributed by atoms with van der Waals surface area (Å²) in [6.07, 6.45) is 0.761. The van der Waals surface area contributed by atoms with Gasteiger partial charge in [0.15, 0.2) is 0 Å². The molecule has 0 fully saturated rings. The van der Waals surface area contributed by atoms with Crippen LogP contribution in [0.25, 0.3) is 0 Å². The number of benzene rings is 2. The molecule has 0 aliphatic heterocycles. The molecule has 2 rings (SSSR count). The fourth-order valence-corrected chi connectivity index (χ4v) is 4.74. The maximum absolute atomic E-state index is 12.6. The fourth-order valence-electron chi connectivity index (χ4n) is 1.96. The van der Waals surface area contributed by atoms with Crippen molar-refractivity contribution in [2.45, 2.75) is 25.2 Å². The molecule has 0 aromatic heterocycles. The second-order valence-corrected chi connectivity index (χ2v) is 8.01. The molecule has 0 saturated heterocycles. The van der Waals surface area contributed by atoms with E-state index in [1.165, 1.54) is 0 Å². The van der Waals surface area contributed by atoms with Crippen molar-refractivity contribution in [1.82, 2.24) is 0 Å². The first-order valence-corrected chi connectivity index (χ1v) is 9.48. The molecule has 0 atom stereocenters. The fraction of sp³-hybridized carbons (Fsp3) is 0.200. The van der Waals surface area contributed by atoms with Crippen molar-refractivity contribution in [3.8, 4) is 0 Å². The molecule has 1 N–H and O–H groups in total. The van der Waals surface area contributed by atoms with Crippen LogP contribution in [0.15, 0.2) is 50.2 Å². The first kappa shape index (κ1) is 16.5. The summed E-state index contributed by atoms with van der Waals surface area (Å²) in [7, 11) is -3.64. The monoisotopic (exact) mass is 431 g/mol. The molecular formula is C15H15Br2NO2S. The Morgan fingerprint density at radius 3 is 2.43 bits per heavy atom. The molecule has 0 aliphatic rings. The Bertz CT molecular complexity index is 773. The average molecular weight is 433 g/mol. The first-order valence-electron chi connectivity index (χ1n) is 6.41. The summed E-state index contributed by atoms with van der Waals surface area (Å²) in [5.41, 5.74) is 2.54. The van der Waals surface area contributed by atoms with Crippen molar-refractivity contribution in [3.05, 3.63) is 56.5 Å². The lowest BCUT2D eigenvalue weighted by Crippen LogP contribution is -2.15. The highest BCUT2D eigenvalue weighted by molar-refractivity contribution is 9.11. The third kappa shape index (κ3) is 3.67. The molecule has 0 amide bonds. The van der Waals surface area contributed by atoms with Crippen LogP contribution < -0.4 is 4.72 Å². The van der Waals surface area contributed by atoms with E-state index in [4.69, 9.17) is 0 Å². The Morgan fingerprint density at radius 2 is 1.76 bits per heavy atom. The standard InChI is InChI=1S/C15H15Br2NO2S/c1-3-11-6-4-5-7-14(11)18-21(19,20)15-9-12(16)10(2)8-13(15)17/h4-9,18H,3H2,1-2H3. The van der Waals surface area contributed by atoms with Crippen LogP contribution in [0.5, 0.6) is 0 Å². The number of hydrogen-bond donors (Lipinski definition) is 1. The van der Waals surface area contributed by atoms with Crippen LogP contribution in [0, 0.1) is 6.92 Å². The Balaban J connectivity index is 2.46. The molecule has 0 radical (unpaired) electrons. The van der Waals surface area contributed by atoms with Crippen LogP contribution in [0.3, 0.4) is 0 Å². The first-order chi connectivity index (χ1) is 9.85. The van der Waals surface area contributed by atoms with E-state index in [1.807, 2.05) is 32.0 Å². The van der Waals surface area contributed by atoms with Crippen LogP contribution in [0.2, 0.25) is 0 Å². The smallest absolute Gasteiger partial charge is 0.263 e. The van der Waals surface area contributed by atoms with Gasteiger partial charge < -0.3 is 0 Å². The van der Waals surface area contributed by atoms with Gasteiger partial charge in [-0.05, 0) is 58.6 Å². The van der Waals surface area contributed by atoms with Crippen molar-refractivity contribution >= 4 is 47.6 Å².